The van der Waals surface area contributed by atoms with E-state index in [9.17, 15) is 0 Å². The third-order valence-electron chi connectivity index (χ3n) is 16.2. The zero-order chi connectivity index (χ0) is 48.9. The lowest BCUT2D eigenvalue weighted by molar-refractivity contribution is 0.332. The van der Waals surface area contributed by atoms with Crippen LogP contribution in [-0.4, -0.2) is 11.8 Å². The number of anilines is 2. The number of nitrogens with zero attached hydrogens (tertiary/aromatic N) is 1. The minimum absolute atomic E-state index is 0.0267. The molecular weight excluding hydrogens is 880 g/mol. The number of furan rings is 1. The predicted molar refractivity (Wildman–Crippen MR) is 307 cm³/mol. The van der Waals surface area contributed by atoms with Crippen molar-refractivity contribution in [1.82, 2.24) is 4.57 Å². The Kier molecular flexibility index (Phi) is 9.54. The van der Waals surface area contributed by atoms with Crippen LogP contribution in [0.3, 0.4) is 0 Å². The molecule has 0 spiro atoms. The van der Waals surface area contributed by atoms with Crippen molar-refractivity contribution in [2.75, 3.05) is 5.32 Å². The first-order chi connectivity index (χ1) is 33.9. The molecule has 3 aromatic heterocycles. The van der Waals surface area contributed by atoms with E-state index in [0.717, 1.165) is 63.1 Å². The maximum Gasteiger partial charge on any atom is 0.198 e. The Morgan fingerprint density at radius 3 is 1.92 bits per heavy atom. The highest BCUT2D eigenvalue weighted by molar-refractivity contribution is 7.27. The van der Waals surface area contributed by atoms with Gasteiger partial charge in [0.25, 0.3) is 0 Å². The van der Waals surface area contributed by atoms with Crippen LogP contribution < -0.4 is 16.2 Å². The lowest BCUT2D eigenvalue weighted by Gasteiger charge is -2.42. The van der Waals surface area contributed by atoms with Crippen LogP contribution in [0.1, 0.15) is 104 Å². The maximum atomic E-state index is 7.12. The third-order valence-corrected chi connectivity index (χ3v) is 17.4. The minimum atomic E-state index is -0.0828. The second kappa shape index (κ2) is 15.3. The van der Waals surface area contributed by atoms with Crippen molar-refractivity contribution in [2.45, 2.75) is 104 Å². The maximum absolute atomic E-state index is 7.12. The fourth-order valence-electron chi connectivity index (χ4n) is 12.1. The van der Waals surface area contributed by atoms with Crippen LogP contribution in [0.5, 0.6) is 0 Å². The van der Waals surface area contributed by atoms with Gasteiger partial charge >= 0.3 is 0 Å². The number of aromatic nitrogens is 1. The molecule has 1 radical (unpaired) electrons. The van der Waals surface area contributed by atoms with Crippen LogP contribution in [0.2, 0.25) is 0 Å². The summed E-state index contributed by atoms with van der Waals surface area (Å²) in [7, 11) is 2.50. The van der Waals surface area contributed by atoms with E-state index in [1.807, 2.05) is 11.3 Å². The van der Waals surface area contributed by atoms with E-state index in [-0.39, 0.29) is 21.7 Å². The lowest BCUT2D eigenvalue weighted by Crippen LogP contribution is -2.37. The molecule has 13 rings (SSSR count). The summed E-state index contributed by atoms with van der Waals surface area (Å²) in [6, 6.07) is 56.7. The zero-order valence-corrected chi connectivity index (χ0v) is 43.5. The number of rotatable bonds is 5. The molecule has 1 N–H and O–H groups in total. The molecule has 0 unspecified atom stereocenters. The number of benzene rings is 8. The van der Waals surface area contributed by atoms with Crippen LogP contribution >= 0.6 is 11.3 Å². The minimum Gasteiger partial charge on any atom is -0.455 e. The van der Waals surface area contributed by atoms with Gasteiger partial charge in [-0.15, -0.1) is 11.3 Å². The van der Waals surface area contributed by atoms with Gasteiger partial charge in [0.2, 0.25) is 0 Å². The molecule has 4 heterocycles. The van der Waals surface area contributed by atoms with E-state index in [1.54, 1.807) is 0 Å². The van der Waals surface area contributed by atoms with Gasteiger partial charge in [0, 0.05) is 70.1 Å². The Balaban J connectivity index is 1.19. The number of thiophene rings is 1. The fraction of sp³-hybridized carbons (Fsp3) is 0.242. The van der Waals surface area contributed by atoms with Crippen molar-refractivity contribution in [3.05, 3.63) is 174 Å². The SMILES string of the molecule is CC(C)(C)c1ccc(Nc2ccc(C(C)(C)C)cc2-c2c3c4c(c5cc6c(cc5n4-c4cc5c(-c7ccccc7)c(-c7ccccc7)oc5cc4[B]3)C(C)(C)CCC6(C)C)c3sc4ccccc4c23)cc1. The van der Waals surface area contributed by atoms with Crippen LogP contribution in [0.25, 0.3) is 92.2 Å². The Morgan fingerprint density at radius 1 is 0.592 bits per heavy atom. The molecule has 0 atom stereocenters. The fourth-order valence-corrected chi connectivity index (χ4v) is 13.3. The lowest BCUT2D eigenvalue weighted by atomic mass is 9.58. The van der Waals surface area contributed by atoms with Crippen LogP contribution in [-0.2, 0) is 21.7 Å². The van der Waals surface area contributed by atoms with Gasteiger partial charge in [-0.1, -0.05) is 172 Å². The molecular formula is C66H60BN2OS. The monoisotopic (exact) mass is 939 g/mol. The van der Waals surface area contributed by atoms with Crippen LogP contribution in [0.15, 0.2) is 156 Å². The Bertz CT molecular complexity index is 3980. The topological polar surface area (TPSA) is 30.1 Å². The van der Waals surface area contributed by atoms with E-state index < -0.39 is 0 Å². The second-order valence-corrected chi connectivity index (χ2v) is 24.9. The van der Waals surface area contributed by atoms with Gasteiger partial charge in [0.15, 0.2) is 7.28 Å². The summed E-state index contributed by atoms with van der Waals surface area (Å²) in [5.74, 6) is 0.894. The van der Waals surface area contributed by atoms with Gasteiger partial charge in [-0.25, -0.2) is 0 Å². The van der Waals surface area contributed by atoms with Gasteiger partial charge in [-0.05, 0) is 128 Å². The average Bonchev–Trinajstić information content (AvgIpc) is 4.03. The van der Waals surface area contributed by atoms with E-state index in [1.165, 1.54) is 86.5 Å². The van der Waals surface area contributed by atoms with Crippen molar-refractivity contribution in [3.63, 3.8) is 0 Å². The third kappa shape index (κ3) is 6.82. The highest BCUT2D eigenvalue weighted by Crippen LogP contribution is 2.53. The summed E-state index contributed by atoms with van der Waals surface area (Å²) in [6.45, 7) is 23.7. The summed E-state index contributed by atoms with van der Waals surface area (Å²) in [4.78, 5) is 0. The van der Waals surface area contributed by atoms with Crippen molar-refractivity contribution in [1.29, 1.82) is 0 Å². The molecule has 1 aliphatic heterocycles. The number of hydrogen-bond acceptors (Lipinski definition) is 3. The molecule has 1 aliphatic carbocycles. The van der Waals surface area contributed by atoms with Gasteiger partial charge < -0.3 is 14.3 Å². The van der Waals surface area contributed by atoms with Gasteiger partial charge in [0.1, 0.15) is 11.3 Å². The van der Waals surface area contributed by atoms with E-state index >= 15 is 0 Å². The van der Waals surface area contributed by atoms with E-state index in [4.69, 9.17) is 4.42 Å². The Labute approximate surface area is 422 Å². The van der Waals surface area contributed by atoms with Crippen molar-refractivity contribution in [3.8, 4) is 39.3 Å². The molecule has 0 saturated heterocycles. The summed E-state index contributed by atoms with van der Waals surface area (Å²) in [5, 5.41) is 10.4. The first kappa shape index (κ1) is 44.1. The molecule has 5 heteroatoms. The Morgan fingerprint density at radius 2 is 1.23 bits per heavy atom. The first-order valence-corrected chi connectivity index (χ1v) is 26.4. The summed E-state index contributed by atoms with van der Waals surface area (Å²) < 4.78 is 12.4. The molecule has 349 valence electrons. The van der Waals surface area contributed by atoms with Gasteiger partial charge in [0.05, 0.1) is 11.0 Å². The standard InChI is InChI=1S/C66H60BN2OS/c1-63(2,3)40-25-28-42(29-26-40)68-50-30-27-41(64(4,5)6)33-44(50)56-57-43-23-17-18-24-54(43)71-62(57)58-45-34-47-48(66(9,10)32-31-65(47,7)8)36-51(45)69-52-35-46-53(37-49(52)67-59(56)60(58)69)70-61(39-21-15-12-16-22-39)55(46)38-19-13-11-14-20-38/h11-30,33-37,68H,31-32H2,1-10H3. The number of nitrogens with one attached hydrogen (secondary N) is 1. The molecule has 2 aliphatic rings. The van der Waals surface area contributed by atoms with Crippen LogP contribution in [0.4, 0.5) is 11.4 Å². The number of fused-ring (bicyclic) bond motifs is 11. The largest absolute Gasteiger partial charge is 0.455 e. The molecule has 0 amide bonds. The molecule has 11 aromatic rings. The quantitative estimate of drug-likeness (QED) is 0.174. The average molecular weight is 940 g/mol. The Hall–Kier alpha value is -6.82. The molecule has 0 fully saturated rings. The summed E-state index contributed by atoms with van der Waals surface area (Å²) in [6.07, 6.45) is 2.31. The van der Waals surface area contributed by atoms with Crippen molar-refractivity contribution < 1.29 is 4.42 Å². The molecule has 71 heavy (non-hydrogen) atoms. The molecule has 0 saturated carbocycles. The van der Waals surface area contributed by atoms with E-state index in [2.05, 4.69) is 238 Å². The summed E-state index contributed by atoms with van der Waals surface area (Å²) in [5.41, 5.74) is 20.6. The first-order valence-electron chi connectivity index (χ1n) is 25.5. The number of hydrogen-bond donors (Lipinski definition) is 1. The highest BCUT2D eigenvalue weighted by Gasteiger charge is 2.40. The normalized spacial score (nSPS) is 15.1. The molecule has 3 nitrogen and oxygen atoms in total. The zero-order valence-electron chi connectivity index (χ0n) is 42.7. The van der Waals surface area contributed by atoms with Crippen molar-refractivity contribution in [2.24, 2.45) is 0 Å². The smallest absolute Gasteiger partial charge is 0.198 e. The highest BCUT2D eigenvalue weighted by atomic mass is 32.1. The van der Waals surface area contributed by atoms with E-state index in [0.29, 0.717) is 0 Å². The summed E-state index contributed by atoms with van der Waals surface area (Å²) >= 11 is 1.95. The van der Waals surface area contributed by atoms with Gasteiger partial charge in [-0.2, -0.15) is 0 Å². The van der Waals surface area contributed by atoms with Crippen LogP contribution in [0, 0.1) is 0 Å². The molecule has 0 bridgehead atoms. The predicted octanol–water partition coefficient (Wildman–Crippen LogP) is 17.6. The molecule has 8 aromatic carbocycles. The second-order valence-electron chi connectivity index (χ2n) is 23.9. The van der Waals surface area contributed by atoms with Crippen molar-refractivity contribution >= 4 is 93.9 Å². The van der Waals surface area contributed by atoms with Gasteiger partial charge in [-0.3, -0.25) is 0 Å².